The van der Waals surface area contributed by atoms with E-state index in [1.54, 1.807) is 24.3 Å². The van der Waals surface area contributed by atoms with Gasteiger partial charge in [-0.05, 0) is 17.5 Å². The monoisotopic (exact) mass is 346 g/mol. The number of rotatable bonds is 3. The Morgan fingerprint density at radius 2 is 1.32 bits per heavy atom. The molecule has 1 heterocycles. The van der Waals surface area contributed by atoms with Crippen LogP contribution in [0, 0.1) is 17.5 Å². The van der Waals surface area contributed by atoms with Gasteiger partial charge in [0.1, 0.15) is 17.5 Å². The maximum Gasteiger partial charge on any atom is 0.271 e. The standard InChI is InChI=1S/C18H13F3N2O2/c1-2-9-3-5-10(6-4-9)14-16(18(25)23-22-17(14)24)15-12(20)7-11(19)8-13(15)21/h3-8H,2H2,1H3,(H,22,24)(H,23,25). The highest BCUT2D eigenvalue weighted by molar-refractivity contribution is 5.82. The van der Waals surface area contributed by atoms with Gasteiger partial charge >= 0.3 is 0 Å². The van der Waals surface area contributed by atoms with Gasteiger partial charge in [-0.3, -0.25) is 19.8 Å². The van der Waals surface area contributed by atoms with E-state index in [1.165, 1.54) is 0 Å². The van der Waals surface area contributed by atoms with E-state index in [1.807, 2.05) is 12.0 Å². The van der Waals surface area contributed by atoms with Crippen LogP contribution in [-0.4, -0.2) is 10.2 Å². The number of benzene rings is 2. The minimum atomic E-state index is -1.26. The molecule has 0 unspecified atom stereocenters. The van der Waals surface area contributed by atoms with E-state index in [4.69, 9.17) is 0 Å². The number of hydrogen-bond donors (Lipinski definition) is 2. The van der Waals surface area contributed by atoms with E-state index in [-0.39, 0.29) is 5.56 Å². The van der Waals surface area contributed by atoms with Crippen LogP contribution in [0.3, 0.4) is 0 Å². The lowest BCUT2D eigenvalue weighted by atomic mass is 9.95. The van der Waals surface area contributed by atoms with Crippen molar-refractivity contribution >= 4 is 0 Å². The van der Waals surface area contributed by atoms with E-state index in [0.29, 0.717) is 17.7 Å². The Bertz CT molecular complexity index is 1030. The number of hydrogen-bond acceptors (Lipinski definition) is 2. The summed E-state index contributed by atoms with van der Waals surface area (Å²) in [6.07, 6.45) is 0.764. The van der Waals surface area contributed by atoms with Crippen LogP contribution < -0.4 is 11.1 Å². The van der Waals surface area contributed by atoms with Crippen LogP contribution in [0.15, 0.2) is 46.0 Å². The highest BCUT2D eigenvalue weighted by Crippen LogP contribution is 2.30. The molecule has 7 heteroatoms. The smallest absolute Gasteiger partial charge is 0.267 e. The van der Waals surface area contributed by atoms with Crippen molar-refractivity contribution in [3.05, 3.63) is 80.1 Å². The molecule has 0 spiro atoms. The van der Waals surface area contributed by atoms with Crippen molar-refractivity contribution in [3.8, 4) is 22.3 Å². The first kappa shape index (κ1) is 16.8. The van der Waals surface area contributed by atoms with E-state index < -0.39 is 39.7 Å². The molecule has 0 aliphatic rings. The molecule has 0 fully saturated rings. The van der Waals surface area contributed by atoms with Crippen molar-refractivity contribution in [3.63, 3.8) is 0 Å². The van der Waals surface area contributed by atoms with E-state index >= 15 is 0 Å². The summed E-state index contributed by atoms with van der Waals surface area (Å²) in [5.41, 5.74) is -1.71. The van der Waals surface area contributed by atoms with Crippen LogP contribution >= 0.6 is 0 Å². The molecule has 3 rings (SSSR count). The van der Waals surface area contributed by atoms with Gasteiger partial charge in [0.15, 0.2) is 0 Å². The molecular weight excluding hydrogens is 333 g/mol. The molecular formula is C18H13F3N2O2. The van der Waals surface area contributed by atoms with Gasteiger partial charge in [0.2, 0.25) is 0 Å². The molecule has 25 heavy (non-hydrogen) atoms. The molecule has 0 amide bonds. The summed E-state index contributed by atoms with van der Waals surface area (Å²) in [5.74, 6) is -3.64. The second kappa shape index (κ2) is 6.43. The van der Waals surface area contributed by atoms with Gasteiger partial charge in [-0.1, -0.05) is 31.2 Å². The second-order valence-electron chi connectivity index (χ2n) is 5.45. The molecule has 2 N–H and O–H groups in total. The molecule has 0 atom stereocenters. The van der Waals surface area contributed by atoms with Crippen LogP contribution in [0.4, 0.5) is 13.2 Å². The van der Waals surface area contributed by atoms with Crippen LogP contribution in [0.1, 0.15) is 12.5 Å². The molecule has 0 aliphatic carbocycles. The first-order chi connectivity index (χ1) is 11.9. The molecule has 0 bridgehead atoms. The lowest BCUT2D eigenvalue weighted by molar-refractivity contribution is 0.547. The molecule has 3 aromatic rings. The average Bonchev–Trinajstić information content (AvgIpc) is 2.57. The number of halogens is 3. The number of aromatic nitrogens is 2. The highest BCUT2D eigenvalue weighted by atomic mass is 19.1. The molecule has 4 nitrogen and oxygen atoms in total. The zero-order valence-electron chi connectivity index (χ0n) is 13.1. The number of aryl methyl sites for hydroxylation is 1. The lowest BCUT2D eigenvalue weighted by Crippen LogP contribution is -2.24. The van der Waals surface area contributed by atoms with Gasteiger partial charge in [0.05, 0.1) is 16.7 Å². The van der Waals surface area contributed by atoms with Crippen molar-refractivity contribution in [2.45, 2.75) is 13.3 Å². The Kier molecular flexibility index (Phi) is 4.31. The van der Waals surface area contributed by atoms with Gasteiger partial charge < -0.3 is 0 Å². The Morgan fingerprint density at radius 1 is 0.800 bits per heavy atom. The maximum absolute atomic E-state index is 14.2. The summed E-state index contributed by atoms with van der Waals surface area (Å²) in [6.45, 7) is 1.95. The van der Waals surface area contributed by atoms with Crippen LogP contribution in [0.25, 0.3) is 22.3 Å². The van der Waals surface area contributed by atoms with E-state index in [0.717, 1.165) is 12.0 Å². The summed E-state index contributed by atoms with van der Waals surface area (Å²) in [5, 5.41) is 4.19. The predicted octanol–water partition coefficient (Wildman–Crippen LogP) is 3.38. The van der Waals surface area contributed by atoms with Crippen LogP contribution in [-0.2, 0) is 6.42 Å². The molecule has 1 aromatic heterocycles. The minimum absolute atomic E-state index is 0.184. The minimum Gasteiger partial charge on any atom is -0.267 e. The first-order valence-corrected chi connectivity index (χ1v) is 7.51. The van der Waals surface area contributed by atoms with Gasteiger partial charge in [-0.25, -0.2) is 13.2 Å². The fraction of sp³-hybridized carbons (Fsp3) is 0.111. The summed E-state index contributed by atoms with van der Waals surface area (Å²) in [4.78, 5) is 24.5. The third-order valence-corrected chi connectivity index (χ3v) is 3.90. The summed E-state index contributed by atoms with van der Waals surface area (Å²) in [6, 6.07) is 7.59. The van der Waals surface area contributed by atoms with Crippen molar-refractivity contribution < 1.29 is 13.2 Å². The molecule has 128 valence electrons. The highest BCUT2D eigenvalue weighted by Gasteiger charge is 2.23. The maximum atomic E-state index is 14.2. The normalized spacial score (nSPS) is 10.9. The van der Waals surface area contributed by atoms with Gasteiger partial charge in [0, 0.05) is 12.1 Å². The van der Waals surface area contributed by atoms with Crippen LogP contribution in [0.5, 0.6) is 0 Å². The molecule has 0 radical (unpaired) electrons. The molecule has 0 saturated carbocycles. The van der Waals surface area contributed by atoms with Crippen molar-refractivity contribution in [2.75, 3.05) is 0 Å². The average molecular weight is 346 g/mol. The zero-order chi connectivity index (χ0) is 18.1. The molecule has 0 aliphatic heterocycles. The van der Waals surface area contributed by atoms with Crippen molar-refractivity contribution in [1.29, 1.82) is 0 Å². The number of nitrogens with one attached hydrogen (secondary N) is 2. The van der Waals surface area contributed by atoms with Crippen molar-refractivity contribution in [1.82, 2.24) is 10.2 Å². The number of aromatic amines is 2. The molecule has 0 saturated heterocycles. The lowest BCUT2D eigenvalue weighted by Gasteiger charge is -2.10. The van der Waals surface area contributed by atoms with E-state index in [2.05, 4.69) is 5.10 Å². The topological polar surface area (TPSA) is 65.7 Å². The quantitative estimate of drug-likeness (QED) is 0.764. The van der Waals surface area contributed by atoms with Gasteiger partial charge in [-0.2, -0.15) is 0 Å². The predicted molar refractivity (Wildman–Crippen MR) is 87.8 cm³/mol. The summed E-state index contributed by atoms with van der Waals surface area (Å²) < 4.78 is 41.5. The van der Waals surface area contributed by atoms with E-state index in [9.17, 15) is 22.8 Å². The first-order valence-electron chi connectivity index (χ1n) is 7.51. The largest absolute Gasteiger partial charge is 0.271 e. The second-order valence-corrected chi connectivity index (χ2v) is 5.45. The zero-order valence-corrected chi connectivity index (χ0v) is 13.1. The van der Waals surface area contributed by atoms with Crippen molar-refractivity contribution in [2.24, 2.45) is 0 Å². The SMILES string of the molecule is CCc1ccc(-c2c(-c3c(F)cc(F)cc3F)c(=O)[nH][nH]c2=O)cc1. The third-order valence-electron chi connectivity index (χ3n) is 3.90. The molecule has 2 aromatic carbocycles. The Balaban J connectivity index is 2.37. The summed E-state index contributed by atoms with van der Waals surface area (Å²) >= 11 is 0. The Labute approximate surface area is 140 Å². The summed E-state index contributed by atoms with van der Waals surface area (Å²) in [7, 11) is 0. The van der Waals surface area contributed by atoms with Gasteiger partial charge in [0.25, 0.3) is 11.1 Å². The third kappa shape index (κ3) is 3.00. The van der Waals surface area contributed by atoms with Gasteiger partial charge in [-0.15, -0.1) is 0 Å². The Morgan fingerprint density at radius 3 is 1.84 bits per heavy atom. The number of H-pyrrole nitrogens is 2. The fourth-order valence-electron chi connectivity index (χ4n) is 2.67. The Hall–Kier alpha value is -3.09. The fourth-order valence-corrected chi connectivity index (χ4v) is 2.67. The van der Waals surface area contributed by atoms with Crippen LogP contribution in [0.2, 0.25) is 0 Å².